The van der Waals surface area contributed by atoms with Crippen LogP contribution in [0.25, 0.3) is 0 Å². The Kier molecular flexibility index (Phi) is 18.0. The van der Waals surface area contributed by atoms with Gasteiger partial charge in [-0.25, -0.2) is 9.59 Å². The zero-order chi connectivity index (χ0) is 37.6. The number of hydrogen-bond donors (Lipinski definition) is 3. The number of benzene rings is 2. The molecule has 23 heteroatoms. The van der Waals surface area contributed by atoms with E-state index >= 15 is 0 Å². The van der Waals surface area contributed by atoms with Crippen LogP contribution in [0.4, 0.5) is 23.0 Å². The molecule has 0 spiro atoms. The average Bonchev–Trinajstić information content (AvgIpc) is 3.11. The second-order valence-corrected chi connectivity index (χ2v) is 11.6. The van der Waals surface area contributed by atoms with Crippen LogP contribution in [0.1, 0.15) is 11.1 Å². The third-order valence-corrected chi connectivity index (χ3v) is 7.29. The first kappa shape index (κ1) is 43.1. The van der Waals surface area contributed by atoms with Crippen molar-refractivity contribution in [1.29, 1.82) is 0 Å². The van der Waals surface area contributed by atoms with Crippen molar-refractivity contribution >= 4 is 85.2 Å². The molecule has 49 heavy (non-hydrogen) atoms. The number of methoxy groups -OCH3 is 2. The summed E-state index contributed by atoms with van der Waals surface area (Å²) < 4.78 is 50.6. The number of anilines is 3. The van der Waals surface area contributed by atoms with Crippen molar-refractivity contribution in [2.75, 3.05) is 31.4 Å². The van der Waals surface area contributed by atoms with Gasteiger partial charge in [0.05, 0.1) is 27.3 Å². The average molecular weight is 741 g/mol. The Morgan fingerprint density at radius 2 is 1.00 bits per heavy atom. The van der Waals surface area contributed by atoms with E-state index in [1.165, 1.54) is 64.8 Å². The van der Waals surface area contributed by atoms with Gasteiger partial charge in [0.2, 0.25) is 5.69 Å². The van der Waals surface area contributed by atoms with Gasteiger partial charge in [-0.2, -0.15) is 16.8 Å². The Morgan fingerprint density at radius 1 is 0.653 bits per heavy atom. The first-order valence-electron chi connectivity index (χ1n) is 13.8. The van der Waals surface area contributed by atoms with Crippen molar-refractivity contribution < 1.29 is 26.3 Å². The van der Waals surface area contributed by atoms with Crippen molar-refractivity contribution in [2.24, 2.45) is 19.3 Å². The van der Waals surface area contributed by atoms with E-state index in [0.717, 1.165) is 23.8 Å². The molecular formula is C26H30N8Na2O11S2. The topological polar surface area (TPSA) is 282 Å². The number of nitrogen functional groups attached to an aromatic ring is 3. The van der Waals surface area contributed by atoms with Gasteiger partial charge in [0.25, 0.3) is 11.1 Å². The van der Waals surface area contributed by atoms with Crippen LogP contribution in [-0.2, 0) is 45.7 Å². The zero-order valence-corrected chi connectivity index (χ0v) is 32.9. The maximum atomic E-state index is 12.1. The Hall–Kier alpha value is -3.96. The molecule has 0 amide bonds. The number of nitrogens with two attached hydrogens (primary N) is 3. The maximum absolute atomic E-state index is 12.1. The number of nitrogens with zero attached hydrogens (tertiary/aromatic N) is 5. The van der Waals surface area contributed by atoms with Crippen molar-refractivity contribution in [3.05, 3.63) is 106 Å². The van der Waals surface area contributed by atoms with Gasteiger partial charge < -0.3 is 26.7 Å². The standard InChI is InChI=1S/C13H14N4O4.C13H16N4O3.2Na.O4S2/c1-16-11(14)10(15-20)12(18)17(13(16)19)7-8-3-5-9(21-2)6-4-8;1-16-11(15)10(14)12(18)17(13(16)19)7-8-3-5-9(20-2)6-4-8;;;1-5(2)6(3)4/h3-6H,7,14H2,1-2H3;3-6H,7,14-15H2,1-2H3;;;. The molecule has 0 saturated heterocycles. The molecular weight excluding hydrogens is 710 g/mol. The fourth-order valence-corrected chi connectivity index (χ4v) is 3.77. The van der Waals surface area contributed by atoms with Crippen molar-refractivity contribution in [1.82, 2.24) is 18.3 Å². The van der Waals surface area contributed by atoms with Crippen molar-refractivity contribution in [3.63, 3.8) is 0 Å². The SMILES string of the molecule is COc1ccc(Cn2c(=O)c(N)c(N)n(C)c2=O)cc1.COc1ccc(Cn2c(=O)c(N=O)c(N)n(C)c2=O)cc1.O=S(=O)=S(=O)=O.[Na][Na]. The van der Waals surface area contributed by atoms with Crippen molar-refractivity contribution in [2.45, 2.75) is 13.1 Å². The van der Waals surface area contributed by atoms with Crippen LogP contribution in [-0.4, -0.2) is 92.9 Å². The summed E-state index contributed by atoms with van der Waals surface area (Å²) in [4.78, 5) is 58.9. The molecule has 2 aromatic heterocycles. The summed E-state index contributed by atoms with van der Waals surface area (Å²) >= 11 is 2.89. The van der Waals surface area contributed by atoms with E-state index in [4.69, 9.17) is 43.5 Å². The number of rotatable bonds is 7. The number of aromatic nitrogens is 4. The van der Waals surface area contributed by atoms with Crippen molar-refractivity contribution in [3.8, 4) is 11.5 Å². The van der Waals surface area contributed by atoms with Gasteiger partial charge >= 0.3 is 73.5 Å². The minimum absolute atomic E-state index is 0.0122. The molecule has 0 radical (unpaired) electrons. The third-order valence-electron chi connectivity index (χ3n) is 6.40. The molecule has 0 unspecified atom stereocenters. The first-order chi connectivity index (χ1) is 23.1. The van der Waals surface area contributed by atoms with E-state index in [1.54, 1.807) is 55.6 Å². The molecule has 0 atom stereocenters. The van der Waals surface area contributed by atoms with Gasteiger partial charge in [-0.1, -0.05) is 24.3 Å². The van der Waals surface area contributed by atoms with Gasteiger partial charge in [-0.15, -0.1) is 4.91 Å². The monoisotopic (exact) mass is 740 g/mol. The minimum atomic E-state index is -2.95. The predicted octanol–water partition coefficient (Wildman–Crippen LogP) is -1.75. The summed E-state index contributed by atoms with van der Waals surface area (Å²) in [5.74, 6) is 1.09. The summed E-state index contributed by atoms with van der Waals surface area (Å²) in [6, 6.07) is 13.9. The van der Waals surface area contributed by atoms with Crippen LogP contribution in [0, 0.1) is 4.91 Å². The summed E-state index contributed by atoms with van der Waals surface area (Å²) in [7, 11) is 0.0447. The third kappa shape index (κ3) is 11.6. The van der Waals surface area contributed by atoms with Crippen LogP contribution >= 0.6 is 0 Å². The summed E-state index contributed by atoms with van der Waals surface area (Å²) in [6.07, 6.45) is 0. The van der Waals surface area contributed by atoms with E-state index in [9.17, 15) is 24.1 Å². The first-order valence-corrected chi connectivity index (χ1v) is 24.5. The summed E-state index contributed by atoms with van der Waals surface area (Å²) in [5.41, 5.74) is 15.1. The van der Waals surface area contributed by atoms with Crippen LogP contribution in [0.2, 0.25) is 0 Å². The zero-order valence-electron chi connectivity index (χ0n) is 27.3. The van der Waals surface area contributed by atoms with E-state index in [1.807, 2.05) is 0 Å². The summed E-state index contributed by atoms with van der Waals surface area (Å²) in [6.45, 7) is 0.137. The second-order valence-electron chi connectivity index (χ2n) is 9.19. The molecule has 254 valence electrons. The number of hydrogen-bond acceptors (Lipinski definition) is 15. The van der Waals surface area contributed by atoms with Gasteiger partial charge in [0.1, 0.15) is 28.8 Å². The molecule has 0 fully saturated rings. The molecule has 0 aliphatic rings. The van der Waals surface area contributed by atoms with Gasteiger partial charge in [-0.05, 0) is 40.6 Å². The van der Waals surface area contributed by atoms with Crippen LogP contribution in [0.15, 0.2) is 72.9 Å². The molecule has 0 aliphatic heterocycles. The molecule has 0 aliphatic carbocycles. The van der Waals surface area contributed by atoms with E-state index in [-0.39, 0.29) is 30.4 Å². The van der Waals surface area contributed by atoms with E-state index in [0.29, 0.717) is 17.1 Å². The quantitative estimate of drug-likeness (QED) is 0.140. The molecule has 0 saturated carbocycles. The Bertz CT molecular complexity index is 2200. The molecule has 4 aromatic rings. The normalized spacial score (nSPS) is 9.80. The molecule has 19 nitrogen and oxygen atoms in total. The van der Waals surface area contributed by atoms with Crippen LogP contribution < -0.4 is 49.2 Å². The summed E-state index contributed by atoms with van der Waals surface area (Å²) in [5, 5.41) is 2.61. The Balaban J connectivity index is 0.000000404. The van der Waals surface area contributed by atoms with Crippen LogP contribution in [0.3, 0.4) is 0 Å². The van der Waals surface area contributed by atoms with Gasteiger partial charge in [0, 0.05) is 14.1 Å². The number of nitroso groups, excluding NO2 is 1. The molecule has 6 N–H and O–H groups in total. The Morgan fingerprint density at radius 3 is 1.33 bits per heavy atom. The van der Waals surface area contributed by atoms with E-state index < -0.39 is 46.7 Å². The predicted molar refractivity (Wildman–Crippen MR) is 184 cm³/mol. The fraction of sp³-hybridized carbons (Fsp3) is 0.231. The second kappa shape index (κ2) is 20.5. The van der Waals surface area contributed by atoms with Gasteiger partial charge in [0.15, 0.2) is 0 Å². The Labute approximate surface area is 308 Å². The number of ether oxygens (including phenoxy) is 2. The fourth-order valence-electron chi connectivity index (χ4n) is 3.77. The van der Waals surface area contributed by atoms with Gasteiger partial charge in [-0.3, -0.25) is 27.9 Å². The molecule has 0 bridgehead atoms. The molecule has 2 heterocycles. The van der Waals surface area contributed by atoms with E-state index in [2.05, 4.69) is 5.18 Å². The van der Waals surface area contributed by atoms with Crippen LogP contribution in [0.5, 0.6) is 11.5 Å². The molecule has 2 aromatic carbocycles. The molecule has 4 rings (SSSR count).